The molecule has 0 saturated heterocycles. The molecule has 0 heterocycles. The predicted molar refractivity (Wildman–Crippen MR) is 136 cm³/mol. The summed E-state index contributed by atoms with van der Waals surface area (Å²) in [6.07, 6.45) is 7.60. The Kier molecular flexibility index (Phi) is 8.08. The van der Waals surface area contributed by atoms with Gasteiger partial charge in [-0.1, -0.05) is 20.8 Å². The van der Waals surface area contributed by atoms with Gasteiger partial charge in [-0.05, 0) is 98.2 Å². The van der Waals surface area contributed by atoms with Crippen LogP contribution in [0.1, 0.15) is 97.8 Å². The van der Waals surface area contributed by atoms with E-state index in [2.05, 4.69) is 26.1 Å². The van der Waals surface area contributed by atoms with Crippen molar-refractivity contribution >= 4 is 23.6 Å². The van der Waals surface area contributed by atoms with Crippen molar-refractivity contribution in [2.24, 2.45) is 46.3 Å². The number of carboxylic acids is 2. The van der Waals surface area contributed by atoms with Gasteiger partial charge in [0.05, 0.1) is 6.10 Å². The van der Waals surface area contributed by atoms with Gasteiger partial charge in [0.15, 0.2) is 0 Å². The maximum Gasteiger partial charge on any atom is 0.326 e. The summed E-state index contributed by atoms with van der Waals surface area (Å²) in [4.78, 5) is 48.3. The van der Waals surface area contributed by atoms with Crippen LogP contribution in [0.4, 0.5) is 0 Å². The van der Waals surface area contributed by atoms with Crippen LogP contribution < -0.4 is 5.32 Å². The van der Waals surface area contributed by atoms with E-state index in [1.165, 1.54) is 0 Å². The van der Waals surface area contributed by atoms with Crippen molar-refractivity contribution in [1.29, 1.82) is 0 Å². The summed E-state index contributed by atoms with van der Waals surface area (Å²) in [7, 11) is 0. The zero-order valence-corrected chi connectivity index (χ0v) is 22.6. The van der Waals surface area contributed by atoms with E-state index in [9.17, 15) is 29.4 Å². The highest BCUT2D eigenvalue weighted by molar-refractivity contribution is 5.84. The van der Waals surface area contributed by atoms with E-state index in [0.29, 0.717) is 42.3 Å². The van der Waals surface area contributed by atoms with Crippen LogP contribution >= 0.6 is 0 Å². The molecule has 0 bridgehead atoms. The quantitative estimate of drug-likeness (QED) is 0.360. The summed E-state index contributed by atoms with van der Waals surface area (Å²) in [5.41, 5.74) is 0.206. The second kappa shape index (κ2) is 10.7. The van der Waals surface area contributed by atoms with Crippen LogP contribution in [-0.2, 0) is 19.2 Å². The number of carboxylic acid groups (broad SMARTS) is 2. The zero-order valence-electron chi connectivity index (χ0n) is 22.6. The van der Waals surface area contributed by atoms with Crippen molar-refractivity contribution in [3.63, 3.8) is 0 Å². The lowest BCUT2D eigenvalue weighted by molar-refractivity contribution is -0.160. The summed E-state index contributed by atoms with van der Waals surface area (Å²) in [6.45, 7) is 6.92. The summed E-state index contributed by atoms with van der Waals surface area (Å²) in [5, 5.41) is 30.9. The first-order chi connectivity index (χ1) is 17.4. The van der Waals surface area contributed by atoms with Gasteiger partial charge in [-0.3, -0.25) is 14.4 Å². The Balaban J connectivity index is 1.38. The van der Waals surface area contributed by atoms with Gasteiger partial charge in [0, 0.05) is 25.2 Å². The molecule has 10 atom stereocenters. The number of nitrogens with one attached hydrogen (secondary N) is 1. The number of aliphatic hydroxyl groups is 1. The molecule has 0 aromatic heterocycles. The Bertz CT molecular complexity index is 920. The van der Waals surface area contributed by atoms with Crippen LogP contribution in [0.3, 0.4) is 0 Å². The van der Waals surface area contributed by atoms with Gasteiger partial charge in [-0.15, -0.1) is 0 Å². The summed E-state index contributed by atoms with van der Waals surface area (Å²) in [6, 6.07) is -1.19. The van der Waals surface area contributed by atoms with Gasteiger partial charge in [-0.25, -0.2) is 4.79 Å². The van der Waals surface area contributed by atoms with Crippen LogP contribution in [-0.4, -0.2) is 51.1 Å². The highest BCUT2D eigenvalue weighted by atomic mass is 16.4. The van der Waals surface area contributed by atoms with E-state index in [1.807, 2.05) is 0 Å². The SMILES string of the molecule is C[C@H](CCC(=O)N[C@@H](CCC(=O)O)C(=O)O)[C@H]1CC[C@H]2[C@@H]3C(=O)C[C@@H]4C[C@H](O)CC[C@]4(C)[C@H]3CC[C@]12C. The highest BCUT2D eigenvalue weighted by Crippen LogP contribution is 2.67. The maximum absolute atomic E-state index is 13.5. The molecule has 8 nitrogen and oxygen atoms in total. The highest BCUT2D eigenvalue weighted by Gasteiger charge is 2.63. The Morgan fingerprint density at radius 2 is 1.65 bits per heavy atom. The number of Topliss-reactive ketones (excluding diaryl/α,β-unsaturated/α-hetero) is 1. The van der Waals surface area contributed by atoms with Crippen molar-refractivity contribution in [2.75, 3.05) is 0 Å². The average Bonchev–Trinajstić information content (AvgIpc) is 3.18. The lowest BCUT2D eigenvalue weighted by atomic mass is 9.44. The fraction of sp³-hybridized carbons (Fsp3) is 0.862. The van der Waals surface area contributed by atoms with Crippen molar-refractivity contribution in [3.8, 4) is 0 Å². The minimum Gasteiger partial charge on any atom is -0.481 e. The molecule has 0 spiro atoms. The molecule has 0 radical (unpaired) electrons. The monoisotopic (exact) mass is 519 g/mol. The largest absolute Gasteiger partial charge is 0.481 e. The minimum atomic E-state index is -1.22. The lowest BCUT2D eigenvalue weighted by Gasteiger charge is -2.60. The number of hydrogen-bond donors (Lipinski definition) is 4. The van der Waals surface area contributed by atoms with Crippen LogP contribution in [0.25, 0.3) is 0 Å². The third-order valence-electron chi connectivity index (χ3n) is 11.3. The number of hydrogen-bond acceptors (Lipinski definition) is 5. The Morgan fingerprint density at radius 1 is 0.973 bits per heavy atom. The van der Waals surface area contributed by atoms with E-state index in [-0.39, 0.29) is 53.9 Å². The number of fused-ring (bicyclic) bond motifs is 5. The molecule has 0 aromatic rings. The molecule has 0 aliphatic heterocycles. The molecule has 4 fully saturated rings. The van der Waals surface area contributed by atoms with Gasteiger partial charge >= 0.3 is 11.9 Å². The second-order valence-corrected chi connectivity index (χ2v) is 13.2. The zero-order chi connectivity index (χ0) is 27.1. The van der Waals surface area contributed by atoms with E-state index in [4.69, 9.17) is 5.11 Å². The molecule has 4 saturated carbocycles. The molecule has 8 heteroatoms. The smallest absolute Gasteiger partial charge is 0.326 e. The van der Waals surface area contributed by atoms with Gasteiger partial charge < -0.3 is 20.6 Å². The number of ketones is 1. The first-order valence-corrected chi connectivity index (χ1v) is 14.3. The fourth-order valence-corrected chi connectivity index (χ4v) is 9.24. The van der Waals surface area contributed by atoms with Gasteiger partial charge in [-0.2, -0.15) is 0 Å². The number of aliphatic hydroxyl groups excluding tert-OH is 1. The van der Waals surface area contributed by atoms with Gasteiger partial charge in [0.1, 0.15) is 11.8 Å². The Morgan fingerprint density at radius 3 is 2.32 bits per heavy atom. The molecular formula is C29H45NO7. The predicted octanol–water partition coefficient (Wildman–Crippen LogP) is 4.04. The summed E-state index contributed by atoms with van der Waals surface area (Å²) in [5.74, 6) is -0.372. The number of carbonyl (C=O) groups is 4. The molecule has 4 aliphatic carbocycles. The molecule has 0 unspecified atom stereocenters. The molecule has 4 aliphatic rings. The molecule has 4 N–H and O–H groups in total. The lowest BCUT2D eigenvalue weighted by Crippen LogP contribution is -2.57. The van der Waals surface area contributed by atoms with Crippen LogP contribution in [0.15, 0.2) is 0 Å². The van der Waals surface area contributed by atoms with Crippen molar-refractivity contribution < 1.29 is 34.5 Å². The van der Waals surface area contributed by atoms with Crippen LogP contribution in [0, 0.1) is 46.3 Å². The van der Waals surface area contributed by atoms with E-state index in [1.54, 1.807) is 0 Å². The normalized spacial score (nSPS) is 40.6. The summed E-state index contributed by atoms with van der Waals surface area (Å²) < 4.78 is 0. The molecule has 1 amide bonds. The van der Waals surface area contributed by atoms with Crippen molar-refractivity contribution in [2.45, 2.75) is 110 Å². The minimum absolute atomic E-state index is 0.0647. The van der Waals surface area contributed by atoms with E-state index < -0.39 is 18.0 Å². The number of amides is 1. The Labute approximate surface area is 220 Å². The molecule has 0 aromatic carbocycles. The maximum atomic E-state index is 13.5. The van der Waals surface area contributed by atoms with Crippen molar-refractivity contribution in [3.05, 3.63) is 0 Å². The third-order valence-corrected chi connectivity index (χ3v) is 11.3. The number of aliphatic carboxylic acids is 2. The molecule has 37 heavy (non-hydrogen) atoms. The van der Waals surface area contributed by atoms with Crippen LogP contribution in [0.5, 0.6) is 0 Å². The fourth-order valence-electron chi connectivity index (χ4n) is 9.24. The second-order valence-electron chi connectivity index (χ2n) is 13.2. The number of rotatable bonds is 9. The standard InChI is InChI=1S/C29H45NO7/c1-16(4-8-24(33)30-22(27(36)37)7-9-25(34)35)19-5-6-20-26-21(11-13-29(19,20)3)28(2)12-10-18(31)14-17(28)15-23(26)32/h16-22,26,31H,4-15H2,1-3H3,(H,30,33)(H,34,35)(H,36,37)/t16-,17+,18-,19-,20+,21+,22+,26+,28+,29-/m1/s1. The van der Waals surface area contributed by atoms with Crippen LogP contribution in [0.2, 0.25) is 0 Å². The van der Waals surface area contributed by atoms with Crippen molar-refractivity contribution in [1.82, 2.24) is 5.32 Å². The summed E-state index contributed by atoms with van der Waals surface area (Å²) >= 11 is 0. The topological polar surface area (TPSA) is 141 Å². The van der Waals surface area contributed by atoms with E-state index >= 15 is 0 Å². The first kappa shape index (κ1) is 28.1. The average molecular weight is 520 g/mol. The van der Waals surface area contributed by atoms with Gasteiger partial charge in [0.25, 0.3) is 0 Å². The molecular weight excluding hydrogens is 474 g/mol. The third kappa shape index (κ3) is 5.32. The first-order valence-electron chi connectivity index (χ1n) is 14.3. The molecule has 4 rings (SSSR count). The van der Waals surface area contributed by atoms with Gasteiger partial charge in [0.2, 0.25) is 5.91 Å². The van der Waals surface area contributed by atoms with E-state index in [0.717, 1.165) is 44.9 Å². The number of carbonyl (C=O) groups excluding carboxylic acids is 2. The Hall–Kier alpha value is -1.96. The molecule has 208 valence electrons.